The van der Waals surface area contributed by atoms with Gasteiger partial charge in [-0.25, -0.2) is 13.1 Å². The molecule has 1 aliphatic carbocycles. The number of aryl methyl sites for hydroxylation is 1. The molecule has 1 aromatic heterocycles. The van der Waals surface area contributed by atoms with Gasteiger partial charge < -0.3 is 9.67 Å². The van der Waals surface area contributed by atoms with Gasteiger partial charge in [0, 0.05) is 25.0 Å². The fourth-order valence-electron chi connectivity index (χ4n) is 1.80. The third-order valence-corrected chi connectivity index (χ3v) is 4.80. The van der Waals surface area contributed by atoms with Gasteiger partial charge in [0.15, 0.2) is 0 Å². The molecule has 1 saturated carbocycles. The highest BCUT2D eigenvalue weighted by Gasteiger charge is 2.47. The van der Waals surface area contributed by atoms with Gasteiger partial charge in [-0.2, -0.15) is 0 Å². The predicted octanol–water partition coefficient (Wildman–Crippen LogP) is 0.594. The maximum Gasteiger partial charge on any atom is 0.242 e. The Morgan fingerprint density at radius 1 is 1.59 bits per heavy atom. The first-order chi connectivity index (χ1) is 7.76. The van der Waals surface area contributed by atoms with Crippen LogP contribution in [0.4, 0.5) is 0 Å². The minimum atomic E-state index is -3.46. The molecule has 0 spiro atoms. The summed E-state index contributed by atoms with van der Waals surface area (Å²) in [5.41, 5.74) is 0.641. The Kier molecular flexibility index (Phi) is 2.84. The molecule has 0 bridgehead atoms. The molecule has 6 heteroatoms. The Hall–Kier alpha value is -0.850. The van der Waals surface area contributed by atoms with Gasteiger partial charge in [0.1, 0.15) is 0 Å². The fraction of sp³-hybridized carbons (Fsp3) is 0.636. The molecule has 0 radical (unpaired) electrons. The van der Waals surface area contributed by atoms with Crippen molar-refractivity contribution in [2.45, 2.75) is 37.8 Å². The van der Waals surface area contributed by atoms with Crippen LogP contribution in [-0.2, 0) is 23.7 Å². The lowest BCUT2D eigenvalue weighted by Gasteiger charge is -2.06. The third-order valence-electron chi connectivity index (χ3n) is 3.37. The standard InChI is InChI=1S/C11H18N2O3S/c1-11(2)5-10(11)12-17(15,16)9-4-8(7-14)13(3)6-9/h4,6,10,12,14H,5,7H2,1-3H3. The zero-order chi connectivity index (χ0) is 12.8. The summed E-state index contributed by atoms with van der Waals surface area (Å²) < 4.78 is 28.4. The van der Waals surface area contributed by atoms with Crippen LogP contribution in [0.25, 0.3) is 0 Å². The van der Waals surface area contributed by atoms with Crippen LogP contribution in [-0.4, -0.2) is 24.1 Å². The second-order valence-electron chi connectivity index (χ2n) is 5.30. The molecule has 5 nitrogen and oxygen atoms in total. The molecule has 1 atom stereocenters. The van der Waals surface area contributed by atoms with Crippen molar-refractivity contribution in [1.29, 1.82) is 0 Å². The molecule has 1 unspecified atom stereocenters. The van der Waals surface area contributed by atoms with Gasteiger partial charge in [0.2, 0.25) is 10.0 Å². The largest absolute Gasteiger partial charge is 0.390 e. The fourth-order valence-corrected chi connectivity index (χ4v) is 3.31. The summed E-state index contributed by atoms with van der Waals surface area (Å²) in [7, 11) is -1.75. The molecular formula is C11H18N2O3S. The van der Waals surface area contributed by atoms with Gasteiger partial charge >= 0.3 is 0 Å². The molecule has 1 aromatic rings. The molecule has 96 valence electrons. The number of hydrogen-bond acceptors (Lipinski definition) is 3. The van der Waals surface area contributed by atoms with Crippen LogP contribution >= 0.6 is 0 Å². The van der Waals surface area contributed by atoms with Crippen LogP contribution in [0.2, 0.25) is 0 Å². The minimum Gasteiger partial charge on any atom is -0.390 e. The van der Waals surface area contributed by atoms with Crippen molar-refractivity contribution < 1.29 is 13.5 Å². The highest BCUT2D eigenvalue weighted by molar-refractivity contribution is 7.89. The second kappa shape index (κ2) is 3.83. The number of hydrogen-bond donors (Lipinski definition) is 2. The average Bonchev–Trinajstić information content (AvgIpc) is 2.63. The first-order valence-electron chi connectivity index (χ1n) is 5.55. The van der Waals surface area contributed by atoms with E-state index in [-0.39, 0.29) is 23.0 Å². The Labute approximate surface area is 102 Å². The van der Waals surface area contributed by atoms with E-state index in [9.17, 15) is 8.42 Å². The Morgan fingerprint density at radius 3 is 2.59 bits per heavy atom. The molecule has 0 saturated heterocycles. The van der Waals surface area contributed by atoms with Gasteiger partial charge in [-0.15, -0.1) is 0 Å². The van der Waals surface area contributed by atoms with Gasteiger partial charge in [0.05, 0.1) is 11.5 Å². The van der Waals surface area contributed by atoms with E-state index in [1.165, 1.54) is 12.3 Å². The van der Waals surface area contributed by atoms with Gasteiger partial charge in [-0.3, -0.25) is 0 Å². The number of nitrogens with one attached hydrogen (secondary N) is 1. The summed E-state index contributed by atoms with van der Waals surface area (Å²) >= 11 is 0. The molecule has 0 aliphatic heterocycles. The van der Waals surface area contributed by atoms with Gasteiger partial charge in [-0.1, -0.05) is 13.8 Å². The third kappa shape index (κ3) is 2.38. The van der Waals surface area contributed by atoms with Crippen LogP contribution in [0.15, 0.2) is 17.2 Å². The Balaban J connectivity index is 2.20. The number of aliphatic hydroxyl groups is 1. The SMILES string of the molecule is Cn1cc(S(=O)(=O)NC2CC2(C)C)cc1CO. The van der Waals surface area contributed by atoms with Gasteiger partial charge in [-0.05, 0) is 17.9 Å². The topological polar surface area (TPSA) is 71.3 Å². The van der Waals surface area contributed by atoms with E-state index in [2.05, 4.69) is 4.72 Å². The molecule has 2 rings (SSSR count). The Morgan fingerprint density at radius 2 is 2.18 bits per heavy atom. The van der Waals surface area contributed by atoms with Crippen molar-refractivity contribution >= 4 is 10.0 Å². The first kappa shape index (κ1) is 12.6. The molecule has 1 heterocycles. The van der Waals surface area contributed by atoms with E-state index < -0.39 is 10.0 Å². The van der Waals surface area contributed by atoms with Crippen molar-refractivity contribution in [1.82, 2.24) is 9.29 Å². The van der Waals surface area contributed by atoms with E-state index in [0.717, 1.165) is 6.42 Å². The summed E-state index contributed by atoms with van der Waals surface area (Å²) in [6.45, 7) is 3.90. The zero-order valence-electron chi connectivity index (χ0n) is 10.3. The molecule has 17 heavy (non-hydrogen) atoms. The number of rotatable bonds is 4. The lowest BCUT2D eigenvalue weighted by Crippen LogP contribution is -2.28. The molecule has 0 amide bonds. The van der Waals surface area contributed by atoms with E-state index in [4.69, 9.17) is 5.11 Å². The highest BCUT2D eigenvalue weighted by atomic mass is 32.2. The number of sulfonamides is 1. The Bertz CT molecular complexity index is 531. The quantitative estimate of drug-likeness (QED) is 0.830. The number of aliphatic hydroxyl groups excluding tert-OH is 1. The van der Waals surface area contributed by atoms with Crippen LogP contribution in [0, 0.1) is 5.41 Å². The summed E-state index contributed by atoms with van der Waals surface area (Å²) in [5.74, 6) is 0. The summed E-state index contributed by atoms with van der Waals surface area (Å²) in [5, 5.41) is 9.04. The monoisotopic (exact) mass is 258 g/mol. The van der Waals surface area contributed by atoms with Crippen LogP contribution in [0.3, 0.4) is 0 Å². The van der Waals surface area contributed by atoms with Crippen molar-refractivity contribution in [3.63, 3.8) is 0 Å². The van der Waals surface area contributed by atoms with E-state index in [1.807, 2.05) is 13.8 Å². The van der Waals surface area contributed by atoms with Crippen LogP contribution in [0.1, 0.15) is 26.0 Å². The zero-order valence-corrected chi connectivity index (χ0v) is 11.1. The lowest BCUT2D eigenvalue weighted by atomic mass is 10.2. The maximum atomic E-state index is 12.0. The molecule has 1 fully saturated rings. The average molecular weight is 258 g/mol. The van der Waals surface area contributed by atoms with E-state index in [0.29, 0.717) is 5.69 Å². The van der Waals surface area contributed by atoms with Crippen molar-refractivity contribution in [3.8, 4) is 0 Å². The smallest absolute Gasteiger partial charge is 0.242 e. The van der Waals surface area contributed by atoms with Crippen molar-refractivity contribution in [2.75, 3.05) is 0 Å². The number of aromatic nitrogens is 1. The second-order valence-corrected chi connectivity index (χ2v) is 7.02. The summed E-state index contributed by atoms with van der Waals surface area (Å²) in [6, 6.07) is 1.52. The van der Waals surface area contributed by atoms with E-state index >= 15 is 0 Å². The maximum absolute atomic E-state index is 12.0. The highest BCUT2D eigenvalue weighted by Crippen LogP contribution is 2.45. The summed E-state index contributed by atoms with van der Waals surface area (Å²) in [4.78, 5) is 0.215. The molecule has 1 aliphatic rings. The minimum absolute atomic E-state index is 0.0188. The molecule has 2 N–H and O–H groups in total. The predicted molar refractivity (Wildman–Crippen MR) is 63.8 cm³/mol. The normalized spacial score (nSPS) is 22.7. The van der Waals surface area contributed by atoms with Crippen molar-refractivity contribution in [2.24, 2.45) is 12.5 Å². The first-order valence-corrected chi connectivity index (χ1v) is 7.03. The molecular weight excluding hydrogens is 240 g/mol. The van der Waals surface area contributed by atoms with Gasteiger partial charge in [0.25, 0.3) is 0 Å². The molecule has 0 aromatic carbocycles. The number of nitrogens with zero attached hydrogens (tertiary/aromatic N) is 1. The van der Waals surface area contributed by atoms with Crippen LogP contribution < -0.4 is 4.72 Å². The van der Waals surface area contributed by atoms with E-state index in [1.54, 1.807) is 11.6 Å². The van der Waals surface area contributed by atoms with Crippen molar-refractivity contribution in [3.05, 3.63) is 18.0 Å². The lowest BCUT2D eigenvalue weighted by molar-refractivity contribution is 0.272. The van der Waals surface area contributed by atoms with Crippen LogP contribution in [0.5, 0.6) is 0 Å². The summed E-state index contributed by atoms with van der Waals surface area (Å²) in [6.07, 6.45) is 2.38.